The minimum absolute atomic E-state index is 0.160. The van der Waals surface area contributed by atoms with Crippen LogP contribution in [0.15, 0.2) is 41.3 Å². The highest BCUT2D eigenvalue weighted by Gasteiger charge is 2.19. The van der Waals surface area contributed by atoms with E-state index in [2.05, 4.69) is 4.72 Å². The lowest BCUT2D eigenvalue weighted by Gasteiger charge is -2.13. The van der Waals surface area contributed by atoms with Gasteiger partial charge in [0.1, 0.15) is 4.99 Å². The fraction of sp³-hybridized carbons (Fsp3) is 0.214. The third-order valence-electron chi connectivity index (χ3n) is 2.95. The summed E-state index contributed by atoms with van der Waals surface area (Å²) in [5.74, 6) is 0. The van der Waals surface area contributed by atoms with Crippen LogP contribution in [-0.2, 0) is 10.0 Å². The summed E-state index contributed by atoms with van der Waals surface area (Å²) in [6.07, 6.45) is 0. The van der Waals surface area contributed by atoms with E-state index in [0.29, 0.717) is 5.56 Å². The van der Waals surface area contributed by atoms with Gasteiger partial charge >= 0.3 is 0 Å². The number of aryl methyl sites for hydroxylation is 1. The van der Waals surface area contributed by atoms with Gasteiger partial charge in [0.25, 0.3) is 0 Å². The van der Waals surface area contributed by atoms with Gasteiger partial charge in [0.2, 0.25) is 10.0 Å². The van der Waals surface area contributed by atoms with Crippen LogP contribution in [0.25, 0.3) is 0 Å². The lowest BCUT2D eigenvalue weighted by atomic mass is 10.2. The number of hydrogen-bond acceptors (Lipinski definition) is 4. The van der Waals surface area contributed by atoms with Crippen LogP contribution in [0.1, 0.15) is 28.3 Å². The van der Waals surface area contributed by atoms with Gasteiger partial charge in [-0.1, -0.05) is 24.4 Å². The fourth-order valence-electron chi connectivity index (χ4n) is 1.86. The molecule has 3 N–H and O–H groups in total. The van der Waals surface area contributed by atoms with E-state index in [9.17, 15) is 8.42 Å². The predicted molar refractivity (Wildman–Crippen MR) is 90.1 cm³/mol. The first-order valence-electron chi connectivity index (χ1n) is 6.28. The van der Waals surface area contributed by atoms with Gasteiger partial charge in [0.05, 0.1) is 10.9 Å². The molecule has 1 aromatic carbocycles. The number of thiophene rings is 1. The molecule has 0 fully saturated rings. The minimum atomic E-state index is -3.61. The molecular formula is C14H16N2O2S3. The number of nitrogens with one attached hydrogen (secondary N) is 1. The van der Waals surface area contributed by atoms with Crippen molar-refractivity contribution in [3.63, 3.8) is 0 Å². The zero-order valence-corrected chi connectivity index (χ0v) is 14.1. The molecule has 4 nitrogen and oxygen atoms in total. The molecule has 1 heterocycles. The number of nitrogens with two attached hydrogens (primary N) is 1. The van der Waals surface area contributed by atoms with E-state index < -0.39 is 10.0 Å². The smallest absolute Gasteiger partial charge is 0.241 e. The highest BCUT2D eigenvalue weighted by atomic mass is 32.2. The number of hydrogen-bond donors (Lipinski definition) is 2. The summed E-state index contributed by atoms with van der Waals surface area (Å²) in [5, 5.41) is 0. The average Bonchev–Trinajstić information content (AvgIpc) is 2.85. The van der Waals surface area contributed by atoms with Crippen LogP contribution in [0.2, 0.25) is 0 Å². The highest BCUT2D eigenvalue weighted by Crippen LogP contribution is 2.24. The maximum absolute atomic E-state index is 12.4. The molecule has 0 aliphatic carbocycles. The fourth-order valence-corrected chi connectivity index (χ4v) is 4.21. The van der Waals surface area contributed by atoms with Gasteiger partial charge in [0, 0.05) is 15.3 Å². The number of sulfonamides is 1. The monoisotopic (exact) mass is 340 g/mol. The molecule has 0 radical (unpaired) electrons. The van der Waals surface area contributed by atoms with Crippen LogP contribution in [0.5, 0.6) is 0 Å². The van der Waals surface area contributed by atoms with E-state index in [1.807, 2.05) is 26.0 Å². The minimum Gasteiger partial charge on any atom is -0.389 e. The Kier molecular flexibility index (Phi) is 4.77. The maximum Gasteiger partial charge on any atom is 0.241 e. The standard InChI is InChI=1S/C14H16N2O2S3/c1-9-6-7-13(20-9)10(2)16-21(17,18)12-5-3-4-11(8-12)14(15)19/h3-8,10,16H,1-2H3,(H2,15,19). The number of benzene rings is 1. The van der Waals surface area contributed by atoms with Crippen molar-refractivity contribution in [3.8, 4) is 0 Å². The molecule has 0 aliphatic heterocycles. The third-order valence-corrected chi connectivity index (χ3v) is 5.91. The molecule has 112 valence electrons. The summed E-state index contributed by atoms with van der Waals surface area (Å²) < 4.78 is 27.5. The van der Waals surface area contributed by atoms with Crippen molar-refractivity contribution in [2.75, 3.05) is 0 Å². The predicted octanol–water partition coefficient (Wildman–Crippen LogP) is 2.73. The van der Waals surface area contributed by atoms with Crippen molar-refractivity contribution in [2.24, 2.45) is 5.73 Å². The molecule has 0 spiro atoms. The first kappa shape index (κ1) is 16.1. The van der Waals surface area contributed by atoms with Crippen LogP contribution in [-0.4, -0.2) is 13.4 Å². The van der Waals surface area contributed by atoms with E-state index >= 15 is 0 Å². The van der Waals surface area contributed by atoms with Crippen molar-refractivity contribution < 1.29 is 8.42 Å². The first-order chi connectivity index (χ1) is 9.79. The van der Waals surface area contributed by atoms with E-state index in [1.165, 1.54) is 12.1 Å². The van der Waals surface area contributed by atoms with Crippen LogP contribution in [0.3, 0.4) is 0 Å². The van der Waals surface area contributed by atoms with Crippen LogP contribution in [0, 0.1) is 6.92 Å². The van der Waals surface area contributed by atoms with Crippen LogP contribution < -0.4 is 10.5 Å². The van der Waals surface area contributed by atoms with Crippen molar-refractivity contribution in [1.29, 1.82) is 0 Å². The molecule has 2 aromatic rings. The van der Waals surface area contributed by atoms with Crippen LogP contribution >= 0.6 is 23.6 Å². The summed E-state index contributed by atoms with van der Waals surface area (Å²) in [7, 11) is -3.61. The second-order valence-electron chi connectivity index (χ2n) is 4.68. The summed E-state index contributed by atoms with van der Waals surface area (Å²) >= 11 is 6.45. The van der Waals surface area contributed by atoms with Crippen molar-refractivity contribution in [2.45, 2.75) is 24.8 Å². The molecule has 0 saturated carbocycles. The van der Waals surface area contributed by atoms with E-state index in [-0.39, 0.29) is 15.9 Å². The molecule has 2 rings (SSSR count). The van der Waals surface area contributed by atoms with E-state index in [0.717, 1.165) is 9.75 Å². The molecule has 1 unspecified atom stereocenters. The van der Waals surface area contributed by atoms with Gasteiger partial charge in [-0.3, -0.25) is 0 Å². The SMILES string of the molecule is Cc1ccc(C(C)NS(=O)(=O)c2cccc(C(N)=S)c2)s1. The van der Waals surface area contributed by atoms with Crippen molar-refractivity contribution in [1.82, 2.24) is 4.72 Å². The maximum atomic E-state index is 12.4. The van der Waals surface area contributed by atoms with Crippen molar-refractivity contribution >= 4 is 38.6 Å². The average molecular weight is 340 g/mol. The lowest BCUT2D eigenvalue weighted by Crippen LogP contribution is -2.26. The largest absolute Gasteiger partial charge is 0.389 e. The second-order valence-corrected chi connectivity index (χ2v) is 8.16. The molecule has 21 heavy (non-hydrogen) atoms. The molecule has 0 aliphatic rings. The van der Waals surface area contributed by atoms with Gasteiger partial charge in [-0.25, -0.2) is 13.1 Å². The van der Waals surface area contributed by atoms with Crippen molar-refractivity contribution in [3.05, 3.63) is 51.7 Å². The van der Waals surface area contributed by atoms with Gasteiger partial charge in [-0.05, 0) is 38.1 Å². The summed E-state index contributed by atoms with van der Waals surface area (Å²) in [6.45, 7) is 3.81. The molecule has 0 amide bonds. The molecule has 0 bridgehead atoms. The lowest BCUT2D eigenvalue weighted by molar-refractivity contribution is 0.568. The Bertz CT molecular complexity index is 766. The second kappa shape index (κ2) is 6.23. The quantitative estimate of drug-likeness (QED) is 0.821. The van der Waals surface area contributed by atoms with Gasteiger partial charge in [-0.15, -0.1) is 11.3 Å². The van der Waals surface area contributed by atoms with Gasteiger partial charge < -0.3 is 5.73 Å². The first-order valence-corrected chi connectivity index (χ1v) is 8.99. The van der Waals surface area contributed by atoms with E-state index in [4.69, 9.17) is 18.0 Å². The normalized spacial score (nSPS) is 13.0. The third kappa shape index (κ3) is 3.88. The number of thiocarbonyl (C=S) groups is 1. The Morgan fingerprint density at radius 2 is 2.05 bits per heavy atom. The zero-order chi connectivity index (χ0) is 15.6. The Hall–Kier alpha value is -1.28. The molecule has 1 atom stereocenters. The molecular weight excluding hydrogens is 324 g/mol. The summed E-state index contributed by atoms with van der Waals surface area (Å²) in [6, 6.07) is 9.93. The van der Waals surface area contributed by atoms with E-state index in [1.54, 1.807) is 23.5 Å². The van der Waals surface area contributed by atoms with Crippen LogP contribution in [0.4, 0.5) is 0 Å². The Balaban J connectivity index is 2.26. The van der Waals surface area contributed by atoms with Gasteiger partial charge in [0.15, 0.2) is 0 Å². The van der Waals surface area contributed by atoms with Gasteiger partial charge in [-0.2, -0.15) is 0 Å². The summed E-state index contributed by atoms with van der Waals surface area (Å²) in [5.41, 5.74) is 6.07. The Morgan fingerprint density at radius 1 is 1.33 bits per heavy atom. The molecule has 0 saturated heterocycles. The Labute approximate surface area is 134 Å². The zero-order valence-electron chi connectivity index (χ0n) is 11.7. The number of rotatable bonds is 5. The molecule has 1 aromatic heterocycles. The topological polar surface area (TPSA) is 72.2 Å². The summed E-state index contributed by atoms with van der Waals surface area (Å²) in [4.78, 5) is 2.45. The molecule has 7 heteroatoms. The highest BCUT2D eigenvalue weighted by molar-refractivity contribution is 7.89. The Morgan fingerprint density at radius 3 is 2.62 bits per heavy atom.